The minimum Gasteiger partial charge on any atom is -0.508 e. The summed E-state index contributed by atoms with van der Waals surface area (Å²) in [5.74, 6) is -0.695. The number of aromatic hydroxyl groups is 2. The molecule has 4 rings (SSSR count). The lowest BCUT2D eigenvalue weighted by molar-refractivity contribution is 0.0946. The largest absolute Gasteiger partial charge is 0.508 e. The van der Waals surface area contributed by atoms with Gasteiger partial charge in [0.15, 0.2) is 5.69 Å². The van der Waals surface area contributed by atoms with Crippen LogP contribution in [0.5, 0.6) is 11.5 Å². The van der Waals surface area contributed by atoms with Gasteiger partial charge in [-0.1, -0.05) is 24.5 Å². The van der Waals surface area contributed by atoms with E-state index in [9.17, 15) is 15.0 Å². The summed E-state index contributed by atoms with van der Waals surface area (Å²) in [5.41, 5.74) is 9.05. The van der Waals surface area contributed by atoms with Crippen LogP contribution in [0.3, 0.4) is 0 Å². The van der Waals surface area contributed by atoms with Crippen molar-refractivity contribution < 1.29 is 19.6 Å². The average molecular weight is 455 g/mol. The molecule has 2 aromatic heterocycles. The topological polar surface area (TPSA) is 181 Å². The van der Waals surface area contributed by atoms with Gasteiger partial charge in [0.25, 0.3) is 5.91 Å². The van der Waals surface area contributed by atoms with Crippen LogP contribution in [-0.2, 0) is 6.54 Å². The van der Waals surface area contributed by atoms with Crippen molar-refractivity contribution in [2.45, 2.75) is 44.7 Å². The summed E-state index contributed by atoms with van der Waals surface area (Å²) in [6, 6.07) is 4.40. The molecule has 33 heavy (non-hydrogen) atoms. The van der Waals surface area contributed by atoms with E-state index >= 15 is 0 Å². The number of nitrogen functional groups attached to an aromatic ring is 1. The molecule has 13 heteroatoms. The highest BCUT2D eigenvalue weighted by molar-refractivity contribution is 5.94. The van der Waals surface area contributed by atoms with Crippen molar-refractivity contribution >= 4 is 17.9 Å². The van der Waals surface area contributed by atoms with Crippen LogP contribution in [0.25, 0.3) is 5.82 Å². The zero-order valence-corrected chi connectivity index (χ0v) is 18.0. The SMILES string of the molecule is CN(Cc1c(C(=O)N/N=C/c2ccc(O)cc2O)nnn1-c1nonc1N)C1CCCCC1. The summed E-state index contributed by atoms with van der Waals surface area (Å²) in [6.45, 7) is 0.370. The quantitative estimate of drug-likeness (QED) is 0.298. The van der Waals surface area contributed by atoms with Crippen molar-refractivity contribution in [3.05, 3.63) is 35.2 Å². The summed E-state index contributed by atoms with van der Waals surface area (Å²) < 4.78 is 6.03. The number of hydrazone groups is 1. The first-order valence-corrected chi connectivity index (χ1v) is 10.5. The number of hydrogen-bond donors (Lipinski definition) is 4. The fourth-order valence-corrected chi connectivity index (χ4v) is 3.87. The lowest BCUT2D eigenvalue weighted by Gasteiger charge is -2.31. The summed E-state index contributed by atoms with van der Waals surface area (Å²) in [6.07, 6.45) is 6.97. The highest BCUT2D eigenvalue weighted by atomic mass is 16.6. The van der Waals surface area contributed by atoms with Crippen molar-refractivity contribution in [2.75, 3.05) is 12.8 Å². The minimum atomic E-state index is -0.599. The van der Waals surface area contributed by atoms with E-state index in [1.165, 1.54) is 48.4 Å². The number of amides is 1. The lowest BCUT2D eigenvalue weighted by Crippen LogP contribution is -2.34. The van der Waals surface area contributed by atoms with Gasteiger partial charge in [0.1, 0.15) is 11.5 Å². The van der Waals surface area contributed by atoms with Gasteiger partial charge in [0.2, 0.25) is 11.6 Å². The molecule has 3 aromatic rings. The predicted octanol–water partition coefficient (Wildman–Crippen LogP) is 1.17. The summed E-state index contributed by atoms with van der Waals surface area (Å²) in [7, 11) is 1.99. The Labute approximate surface area is 188 Å². The third-order valence-corrected chi connectivity index (χ3v) is 5.66. The highest BCUT2D eigenvalue weighted by Crippen LogP contribution is 2.25. The van der Waals surface area contributed by atoms with E-state index in [0.29, 0.717) is 23.8 Å². The Bertz CT molecular complexity index is 1150. The molecule has 0 radical (unpaired) electrons. The van der Waals surface area contributed by atoms with Crippen LogP contribution in [0.2, 0.25) is 0 Å². The number of nitrogens with one attached hydrogen (secondary N) is 1. The number of carbonyl (C=O) groups excluding carboxylic acids is 1. The maximum Gasteiger partial charge on any atom is 0.293 e. The third kappa shape index (κ3) is 4.92. The number of anilines is 1. The maximum atomic E-state index is 12.9. The normalized spacial score (nSPS) is 14.8. The minimum absolute atomic E-state index is 0.0225. The molecule has 5 N–H and O–H groups in total. The summed E-state index contributed by atoms with van der Waals surface area (Å²) >= 11 is 0. The molecule has 2 heterocycles. The van der Waals surface area contributed by atoms with Crippen LogP contribution in [0.4, 0.5) is 5.82 Å². The van der Waals surface area contributed by atoms with Gasteiger partial charge in [-0.2, -0.15) is 9.78 Å². The Morgan fingerprint density at radius 1 is 1.33 bits per heavy atom. The molecule has 0 bridgehead atoms. The Hall–Kier alpha value is -4.00. The number of aromatic nitrogens is 5. The molecule has 0 saturated heterocycles. The molecule has 0 unspecified atom stereocenters. The van der Waals surface area contributed by atoms with E-state index in [1.54, 1.807) is 0 Å². The van der Waals surface area contributed by atoms with Crippen molar-refractivity contribution in [3.63, 3.8) is 0 Å². The molecule has 0 aliphatic heterocycles. The van der Waals surface area contributed by atoms with Crippen LogP contribution in [0.1, 0.15) is 53.8 Å². The van der Waals surface area contributed by atoms with Gasteiger partial charge in [-0.3, -0.25) is 9.69 Å². The summed E-state index contributed by atoms with van der Waals surface area (Å²) in [4.78, 5) is 15.0. The number of nitrogens with two attached hydrogens (primary N) is 1. The zero-order valence-electron chi connectivity index (χ0n) is 18.0. The number of phenolic OH excluding ortho intramolecular Hbond substituents is 2. The average Bonchev–Trinajstić information content (AvgIpc) is 3.41. The number of benzene rings is 1. The first-order chi connectivity index (χ1) is 15.9. The second-order valence-corrected chi connectivity index (χ2v) is 7.92. The van der Waals surface area contributed by atoms with Crippen molar-refractivity contribution in [1.29, 1.82) is 0 Å². The number of carbonyl (C=O) groups is 1. The number of nitrogens with zero attached hydrogens (tertiary/aromatic N) is 7. The van der Waals surface area contributed by atoms with Crippen molar-refractivity contribution in [2.24, 2.45) is 5.10 Å². The fraction of sp³-hybridized carbons (Fsp3) is 0.400. The molecular weight excluding hydrogens is 430 g/mol. The second-order valence-electron chi connectivity index (χ2n) is 7.92. The number of hydrogen-bond acceptors (Lipinski definition) is 11. The molecule has 13 nitrogen and oxygen atoms in total. The molecule has 1 saturated carbocycles. The van der Waals surface area contributed by atoms with Gasteiger partial charge in [0.05, 0.1) is 11.9 Å². The molecule has 1 aliphatic carbocycles. The van der Waals surface area contributed by atoms with Gasteiger partial charge in [-0.05, 0) is 42.3 Å². The molecule has 174 valence electrons. The zero-order chi connectivity index (χ0) is 23.4. The van der Waals surface area contributed by atoms with E-state index in [-0.39, 0.29) is 28.8 Å². The van der Waals surface area contributed by atoms with E-state index in [0.717, 1.165) is 12.8 Å². The van der Waals surface area contributed by atoms with Crippen LogP contribution in [0, 0.1) is 0 Å². The van der Waals surface area contributed by atoms with Gasteiger partial charge in [-0.25, -0.2) is 10.1 Å². The maximum absolute atomic E-state index is 12.9. The van der Waals surface area contributed by atoms with Gasteiger partial charge in [-0.15, -0.1) is 5.10 Å². The van der Waals surface area contributed by atoms with E-state index in [1.807, 2.05) is 7.05 Å². The van der Waals surface area contributed by atoms with E-state index < -0.39 is 5.91 Å². The number of phenols is 2. The monoisotopic (exact) mass is 455 g/mol. The fourth-order valence-electron chi connectivity index (χ4n) is 3.87. The van der Waals surface area contributed by atoms with Crippen LogP contribution in [-0.4, -0.2) is 65.6 Å². The van der Waals surface area contributed by atoms with Crippen molar-refractivity contribution in [1.82, 2.24) is 35.6 Å². The second kappa shape index (κ2) is 9.65. The first kappa shape index (κ1) is 22.2. The number of rotatable bonds is 7. The molecule has 1 amide bonds. The Balaban J connectivity index is 1.57. The molecule has 1 aromatic carbocycles. The molecule has 0 spiro atoms. The van der Waals surface area contributed by atoms with Crippen LogP contribution < -0.4 is 11.2 Å². The molecule has 1 fully saturated rings. The smallest absolute Gasteiger partial charge is 0.293 e. The summed E-state index contributed by atoms with van der Waals surface area (Å²) in [5, 5.41) is 38.5. The molecular formula is C20H25N9O4. The van der Waals surface area contributed by atoms with Crippen LogP contribution >= 0.6 is 0 Å². The lowest BCUT2D eigenvalue weighted by atomic mass is 9.94. The first-order valence-electron chi connectivity index (χ1n) is 10.5. The van der Waals surface area contributed by atoms with E-state index in [2.05, 4.69) is 40.7 Å². The molecule has 0 atom stereocenters. The predicted molar refractivity (Wildman–Crippen MR) is 117 cm³/mol. The molecule has 1 aliphatic rings. The standard InChI is InChI=1S/C20H25N9O4/c1-28(13-5-3-2-4-6-13)11-15-17(23-27-29(15)19-18(21)25-33-26-19)20(32)24-22-10-12-7-8-14(30)9-16(12)31/h7-10,13,30-31H,2-6,11H2,1H3,(H2,21,25)(H,24,32)/b22-10+. The van der Waals surface area contributed by atoms with Gasteiger partial charge >= 0.3 is 0 Å². The van der Waals surface area contributed by atoms with Gasteiger partial charge < -0.3 is 15.9 Å². The Morgan fingerprint density at radius 3 is 2.82 bits per heavy atom. The van der Waals surface area contributed by atoms with Gasteiger partial charge in [0, 0.05) is 24.2 Å². The third-order valence-electron chi connectivity index (χ3n) is 5.66. The van der Waals surface area contributed by atoms with Crippen molar-refractivity contribution in [3.8, 4) is 17.3 Å². The Morgan fingerprint density at radius 2 is 2.12 bits per heavy atom. The Kier molecular flexibility index (Phi) is 6.49. The highest BCUT2D eigenvalue weighted by Gasteiger charge is 2.27. The van der Waals surface area contributed by atoms with E-state index in [4.69, 9.17) is 5.73 Å². The van der Waals surface area contributed by atoms with Crippen LogP contribution in [0.15, 0.2) is 27.9 Å².